The van der Waals surface area contributed by atoms with E-state index in [4.69, 9.17) is 4.74 Å². The number of fused-ring (bicyclic) bond motifs is 2. The molecule has 3 heterocycles. The molecule has 24 heavy (non-hydrogen) atoms. The minimum Gasteiger partial charge on any atom is -0.374 e. The Labute approximate surface area is 144 Å². The van der Waals surface area contributed by atoms with E-state index in [0.717, 1.165) is 31.6 Å². The summed E-state index contributed by atoms with van der Waals surface area (Å²) in [6, 6.07) is 0. The fraction of sp³-hybridized carbons (Fsp3) is 0.895. The molecule has 0 aromatic carbocycles. The van der Waals surface area contributed by atoms with Crippen LogP contribution in [0.3, 0.4) is 0 Å². The molecule has 134 valence electrons. The Hall–Kier alpha value is -1.10. The van der Waals surface area contributed by atoms with E-state index in [9.17, 15) is 9.59 Å². The summed E-state index contributed by atoms with van der Waals surface area (Å²) in [7, 11) is 0. The van der Waals surface area contributed by atoms with Crippen LogP contribution in [0.5, 0.6) is 0 Å². The molecular formula is C19H30N2O3. The van der Waals surface area contributed by atoms with Crippen molar-refractivity contribution in [2.45, 2.75) is 70.0 Å². The minimum absolute atomic E-state index is 0.0772. The summed E-state index contributed by atoms with van der Waals surface area (Å²) in [6.07, 6.45) is 10.6. The van der Waals surface area contributed by atoms with E-state index in [2.05, 4.69) is 0 Å². The number of hydrogen-bond donors (Lipinski definition) is 0. The Balaban J connectivity index is 1.21. The summed E-state index contributed by atoms with van der Waals surface area (Å²) >= 11 is 0. The van der Waals surface area contributed by atoms with E-state index < -0.39 is 0 Å². The van der Waals surface area contributed by atoms with Gasteiger partial charge >= 0.3 is 0 Å². The van der Waals surface area contributed by atoms with Gasteiger partial charge in [-0.15, -0.1) is 0 Å². The highest BCUT2D eigenvalue weighted by atomic mass is 16.5. The molecule has 3 atom stereocenters. The number of rotatable bonds is 4. The highest BCUT2D eigenvalue weighted by Crippen LogP contribution is 2.39. The Bertz CT molecular complexity index is 481. The summed E-state index contributed by atoms with van der Waals surface area (Å²) in [5.74, 6) is 1.40. The SMILES string of the molecule is O=C(CCC1CCCC1)N1CCN(C(=O)[C@@H]2C[C@H]3CC[C@H]2O3)CC1. The van der Waals surface area contributed by atoms with Gasteiger partial charge in [0.1, 0.15) is 0 Å². The van der Waals surface area contributed by atoms with Gasteiger partial charge in [-0.25, -0.2) is 0 Å². The summed E-state index contributed by atoms with van der Waals surface area (Å²) in [4.78, 5) is 29.0. The number of carbonyl (C=O) groups excluding carboxylic acids is 2. The summed E-state index contributed by atoms with van der Waals surface area (Å²) in [5, 5.41) is 0. The molecule has 2 amide bonds. The van der Waals surface area contributed by atoms with Crippen LogP contribution in [0.1, 0.15) is 57.8 Å². The minimum atomic E-state index is 0.0772. The molecule has 3 aliphatic heterocycles. The lowest BCUT2D eigenvalue weighted by molar-refractivity contribution is -0.143. The molecule has 0 unspecified atom stereocenters. The van der Waals surface area contributed by atoms with Gasteiger partial charge in [-0.05, 0) is 31.6 Å². The smallest absolute Gasteiger partial charge is 0.228 e. The molecular weight excluding hydrogens is 304 g/mol. The number of nitrogens with zero attached hydrogens (tertiary/aromatic N) is 2. The van der Waals surface area contributed by atoms with Gasteiger partial charge in [-0.2, -0.15) is 0 Å². The maximum Gasteiger partial charge on any atom is 0.228 e. The van der Waals surface area contributed by atoms with Crippen LogP contribution in [0.2, 0.25) is 0 Å². The number of amides is 2. The first-order chi connectivity index (χ1) is 11.7. The molecule has 4 rings (SSSR count). The molecule has 2 bridgehead atoms. The molecule has 4 aliphatic rings. The Morgan fingerprint density at radius 3 is 2.25 bits per heavy atom. The fourth-order valence-corrected chi connectivity index (χ4v) is 5.09. The first-order valence-electron chi connectivity index (χ1n) is 9.93. The third-order valence-corrected chi connectivity index (χ3v) is 6.61. The zero-order valence-corrected chi connectivity index (χ0v) is 14.6. The standard InChI is InChI=1S/C19H30N2O3/c22-18(8-5-14-3-1-2-4-14)20-9-11-21(12-10-20)19(23)16-13-15-6-7-17(16)24-15/h14-17H,1-13H2/t15-,16-,17-/m1/s1. The summed E-state index contributed by atoms with van der Waals surface area (Å²) in [5.41, 5.74) is 0. The number of ether oxygens (including phenoxy) is 1. The molecule has 1 saturated carbocycles. The Kier molecular flexibility index (Phi) is 4.79. The van der Waals surface area contributed by atoms with Crippen LogP contribution < -0.4 is 0 Å². The second-order valence-electron chi connectivity index (χ2n) is 8.11. The van der Waals surface area contributed by atoms with Gasteiger partial charge in [0.15, 0.2) is 0 Å². The van der Waals surface area contributed by atoms with Crippen molar-refractivity contribution < 1.29 is 14.3 Å². The normalized spacial score (nSPS) is 33.4. The largest absolute Gasteiger partial charge is 0.374 e. The van der Waals surface area contributed by atoms with Crippen molar-refractivity contribution >= 4 is 11.8 Å². The lowest BCUT2D eigenvalue weighted by Crippen LogP contribution is -2.52. The monoisotopic (exact) mass is 334 g/mol. The number of carbonyl (C=O) groups is 2. The van der Waals surface area contributed by atoms with Crippen molar-refractivity contribution in [2.24, 2.45) is 11.8 Å². The summed E-state index contributed by atoms with van der Waals surface area (Å²) in [6.45, 7) is 2.80. The first-order valence-corrected chi connectivity index (χ1v) is 9.93. The second-order valence-corrected chi connectivity index (χ2v) is 8.11. The van der Waals surface area contributed by atoms with Crippen LogP contribution in [0.25, 0.3) is 0 Å². The molecule has 4 fully saturated rings. The second kappa shape index (κ2) is 7.03. The van der Waals surface area contributed by atoms with E-state index in [1.165, 1.54) is 25.7 Å². The van der Waals surface area contributed by atoms with Crippen molar-refractivity contribution in [3.8, 4) is 0 Å². The van der Waals surface area contributed by atoms with Crippen molar-refractivity contribution in [2.75, 3.05) is 26.2 Å². The van der Waals surface area contributed by atoms with E-state index >= 15 is 0 Å². The van der Waals surface area contributed by atoms with Crippen LogP contribution in [-0.2, 0) is 14.3 Å². The highest BCUT2D eigenvalue weighted by Gasteiger charge is 2.46. The highest BCUT2D eigenvalue weighted by molar-refractivity contribution is 5.81. The van der Waals surface area contributed by atoms with E-state index in [-0.39, 0.29) is 23.8 Å². The lowest BCUT2D eigenvalue weighted by Gasteiger charge is -2.37. The molecule has 0 aromatic rings. The van der Waals surface area contributed by atoms with Gasteiger partial charge in [0.2, 0.25) is 11.8 Å². The zero-order chi connectivity index (χ0) is 16.5. The predicted octanol–water partition coefficient (Wildman–Crippen LogP) is 2.20. The first kappa shape index (κ1) is 16.4. The molecule has 0 radical (unpaired) electrons. The van der Waals surface area contributed by atoms with Gasteiger partial charge < -0.3 is 14.5 Å². The topological polar surface area (TPSA) is 49.9 Å². The Morgan fingerprint density at radius 1 is 0.917 bits per heavy atom. The van der Waals surface area contributed by atoms with Gasteiger partial charge in [0.05, 0.1) is 18.1 Å². The Morgan fingerprint density at radius 2 is 1.62 bits per heavy atom. The van der Waals surface area contributed by atoms with Gasteiger partial charge in [0, 0.05) is 32.6 Å². The van der Waals surface area contributed by atoms with Crippen molar-refractivity contribution in [3.63, 3.8) is 0 Å². The van der Waals surface area contributed by atoms with Gasteiger partial charge in [-0.3, -0.25) is 9.59 Å². The maximum atomic E-state index is 12.7. The van der Waals surface area contributed by atoms with E-state index in [1.807, 2.05) is 9.80 Å². The molecule has 0 aromatic heterocycles. The van der Waals surface area contributed by atoms with E-state index in [1.54, 1.807) is 0 Å². The lowest BCUT2D eigenvalue weighted by atomic mass is 9.88. The molecule has 3 saturated heterocycles. The van der Waals surface area contributed by atoms with Crippen LogP contribution in [0.4, 0.5) is 0 Å². The van der Waals surface area contributed by atoms with Gasteiger partial charge in [-0.1, -0.05) is 25.7 Å². The van der Waals surface area contributed by atoms with Crippen LogP contribution in [-0.4, -0.2) is 60.0 Å². The van der Waals surface area contributed by atoms with Crippen LogP contribution in [0.15, 0.2) is 0 Å². The van der Waals surface area contributed by atoms with Crippen LogP contribution >= 0.6 is 0 Å². The molecule has 5 heteroatoms. The molecule has 0 spiro atoms. The van der Waals surface area contributed by atoms with Crippen molar-refractivity contribution in [3.05, 3.63) is 0 Å². The average Bonchev–Trinajstić information content (AvgIpc) is 3.36. The summed E-state index contributed by atoms with van der Waals surface area (Å²) < 4.78 is 5.82. The maximum absolute atomic E-state index is 12.7. The average molecular weight is 334 g/mol. The molecule has 0 N–H and O–H groups in total. The third-order valence-electron chi connectivity index (χ3n) is 6.61. The van der Waals surface area contributed by atoms with Crippen molar-refractivity contribution in [1.82, 2.24) is 9.80 Å². The van der Waals surface area contributed by atoms with Gasteiger partial charge in [0.25, 0.3) is 0 Å². The third kappa shape index (κ3) is 3.32. The van der Waals surface area contributed by atoms with Crippen LogP contribution in [0, 0.1) is 11.8 Å². The zero-order valence-electron chi connectivity index (χ0n) is 14.6. The number of hydrogen-bond acceptors (Lipinski definition) is 3. The fourth-order valence-electron chi connectivity index (χ4n) is 5.09. The quantitative estimate of drug-likeness (QED) is 0.792. The van der Waals surface area contributed by atoms with E-state index in [0.29, 0.717) is 38.7 Å². The molecule has 1 aliphatic carbocycles. The number of piperazine rings is 1. The predicted molar refractivity (Wildman–Crippen MR) is 90.4 cm³/mol. The molecule has 5 nitrogen and oxygen atoms in total. The van der Waals surface area contributed by atoms with Crippen molar-refractivity contribution in [1.29, 1.82) is 0 Å².